The summed E-state index contributed by atoms with van der Waals surface area (Å²) < 4.78 is 26.1. The first-order chi connectivity index (χ1) is 9.79. The van der Waals surface area contributed by atoms with Gasteiger partial charge >= 0.3 is 0 Å². The number of aromatic nitrogens is 1. The van der Waals surface area contributed by atoms with Gasteiger partial charge < -0.3 is 10.3 Å². The third-order valence-corrected chi connectivity index (χ3v) is 5.12. The molecule has 0 radical (unpaired) electrons. The molecule has 0 aliphatic carbocycles. The van der Waals surface area contributed by atoms with Crippen LogP contribution in [0.4, 0.5) is 5.69 Å². The van der Waals surface area contributed by atoms with E-state index in [9.17, 15) is 13.2 Å². The van der Waals surface area contributed by atoms with E-state index in [2.05, 4.69) is 0 Å². The molecule has 112 valence electrons. The van der Waals surface area contributed by atoms with Crippen molar-refractivity contribution < 1.29 is 8.42 Å². The van der Waals surface area contributed by atoms with E-state index in [4.69, 9.17) is 5.73 Å². The van der Waals surface area contributed by atoms with Gasteiger partial charge in [0, 0.05) is 24.5 Å². The first kappa shape index (κ1) is 15.3. The van der Waals surface area contributed by atoms with Gasteiger partial charge in [-0.05, 0) is 31.5 Å². The normalized spacial score (nSPS) is 11.5. The van der Waals surface area contributed by atoms with Crippen LogP contribution >= 0.6 is 0 Å². The van der Waals surface area contributed by atoms with Crippen molar-refractivity contribution in [3.8, 4) is 0 Å². The number of rotatable bonds is 4. The predicted octanol–water partition coefficient (Wildman–Crippen LogP) is 1.52. The molecular formula is C15H18N2O3S. The van der Waals surface area contributed by atoms with E-state index < -0.39 is 9.84 Å². The number of nitrogen functional groups attached to an aromatic ring is 1. The Kier molecular flexibility index (Phi) is 4.18. The molecule has 0 aliphatic rings. The summed E-state index contributed by atoms with van der Waals surface area (Å²) in [5, 5.41) is 0. The Labute approximate surface area is 124 Å². The number of pyridine rings is 1. The van der Waals surface area contributed by atoms with Crippen LogP contribution < -0.4 is 11.3 Å². The lowest BCUT2D eigenvalue weighted by Crippen LogP contribution is -2.23. The fraction of sp³-hybridized carbons (Fsp3) is 0.267. The average molecular weight is 306 g/mol. The van der Waals surface area contributed by atoms with E-state index in [0.717, 1.165) is 11.1 Å². The van der Waals surface area contributed by atoms with E-state index in [1.54, 1.807) is 19.1 Å². The van der Waals surface area contributed by atoms with Gasteiger partial charge in [0.2, 0.25) is 0 Å². The van der Waals surface area contributed by atoms with E-state index >= 15 is 0 Å². The van der Waals surface area contributed by atoms with Crippen LogP contribution in [0.15, 0.2) is 46.2 Å². The molecule has 0 amide bonds. The summed E-state index contributed by atoms with van der Waals surface area (Å²) >= 11 is 0. The molecule has 0 saturated carbocycles. The molecule has 0 saturated heterocycles. The monoisotopic (exact) mass is 306 g/mol. The average Bonchev–Trinajstić information content (AvgIpc) is 2.39. The van der Waals surface area contributed by atoms with Crippen LogP contribution in [0, 0.1) is 13.8 Å². The maximum atomic E-state index is 12.4. The molecule has 0 bridgehead atoms. The SMILES string of the molecule is Cc1ccc(S(=O)(=O)CCn2cc(N)ccc2=O)c(C)c1. The fourth-order valence-corrected chi connectivity index (χ4v) is 3.68. The fourth-order valence-electron chi connectivity index (χ4n) is 2.20. The summed E-state index contributed by atoms with van der Waals surface area (Å²) in [6.45, 7) is 3.77. The van der Waals surface area contributed by atoms with Crippen LogP contribution in [-0.4, -0.2) is 18.7 Å². The maximum Gasteiger partial charge on any atom is 0.250 e. The van der Waals surface area contributed by atoms with Gasteiger partial charge in [-0.15, -0.1) is 0 Å². The van der Waals surface area contributed by atoms with Gasteiger partial charge in [0.25, 0.3) is 5.56 Å². The molecule has 1 heterocycles. The Hall–Kier alpha value is -2.08. The van der Waals surface area contributed by atoms with Crippen molar-refractivity contribution in [3.05, 3.63) is 58.0 Å². The topological polar surface area (TPSA) is 82.2 Å². The molecule has 0 unspecified atom stereocenters. The largest absolute Gasteiger partial charge is 0.398 e. The number of anilines is 1. The molecule has 0 spiro atoms. The van der Waals surface area contributed by atoms with Crippen molar-refractivity contribution in [1.29, 1.82) is 0 Å². The number of aryl methyl sites for hydroxylation is 3. The summed E-state index contributed by atoms with van der Waals surface area (Å²) in [4.78, 5) is 12.0. The van der Waals surface area contributed by atoms with Gasteiger partial charge in [-0.3, -0.25) is 4.79 Å². The highest BCUT2D eigenvalue weighted by Gasteiger charge is 2.17. The van der Waals surface area contributed by atoms with Crippen LogP contribution in [0.2, 0.25) is 0 Å². The number of hydrogen-bond acceptors (Lipinski definition) is 4. The van der Waals surface area contributed by atoms with Crippen LogP contribution in [0.3, 0.4) is 0 Å². The Balaban J connectivity index is 2.26. The molecule has 0 fully saturated rings. The van der Waals surface area contributed by atoms with Gasteiger partial charge in [0.15, 0.2) is 9.84 Å². The highest BCUT2D eigenvalue weighted by atomic mass is 32.2. The van der Waals surface area contributed by atoms with Crippen LogP contribution in [-0.2, 0) is 16.4 Å². The Bertz CT molecular complexity index is 823. The van der Waals surface area contributed by atoms with Crippen molar-refractivity contribution >= 4 is 15.5 Å². The first-order valence-corrected chi connectivity index (χ1v) is 8.21. The lowest BCUT2D eigenvalue weighted by atomic mass is 10.2. The van der Waals surface area contributed by atoms with E-state index in [1.165, 1.54) is 22.9 Å². The van der Waals surface area contributed by atoms with Crippen molar-refractivity contribution in [2.24, 2.45) is 0 Å². The molecule has 0 atom stereocenters. The number of nitrogens with zero attached hydrogens (tertiary/aromatic N) is 1. The summed E-state index contributed by atoms with van der Waals surface area (Å²) in [6.07, 6.45) is 1.46. The molecule has 1 aromatic heterocycles. The van der Waals surface area contributed by atoms with Gasteiger partial charge in [0.1, 0.15) is 0 Å². The van der Waals surface area contributed by atoms with Crippen molar-refractivity contribution in [2.75, 3.05) is 11.5 Å². The third-order valence-electron chi connectivity index (χ3n) is 3.27. The lowest BCUT2D eigenvalue weighted by molar-refractivity contribution is 0.586. The molecule has 5 nitrogen and oxygen atoms in total. The van der Waals surface area contributed by atoms with Crippen molar-refractivity contribution in [1.82, 2.24) is 4.57 Å². The third kappa shape index (κ3) is 3.52. The van der Waals surface area contributed by atoms with Gasteiger partial charge in [-0.2, -0.15) is 0 Å². The molecule has 6 heteroatoms. The smallest absolute Gasteiger partial charge is 0.250 e. The van der Waals surface area contributed by atoms with Crippen LogP contribution in [0.1, 0.15) is 11.1 Å². The van der Waals surface area contributed by atoms with Crippen molar-refractivity contribution in [2.45, 2.75) is 25.3 Å². The Morgan fingerprint density at radius 3 is 2.52 bits per heavy atom. The van der Waals surface area contributed by atoms with Crippen molar-refractivity contribution in [3.63, 3.8) is 0 Å². The minimum absolute atomic E-state index is 0.0829. The second-order valence-electron chi connectivity index (χ2n) is 5.08. The van der Waals surface area contributed by atoms with Gasteiger partial charge in [-0.25, -0.2) is 8.42 Å². The summed E-state index contributed by atoms with van der Waals surface area (Å²) in [5.74, 6) is -0.139. The number of sulfone groups is 1. The lowest BCUT2D eigenvalue weighted by Gasteiger charge is -2.10. The van der Waals surface area contributed by atoms with Crippen LogP contribution in [0.5, 0.6) is 0 Å². The number of benzene rings is 1. The molecular weight excluding hydrogens is 288 g/mol. The van der Waals surface area contributed by atoms with E-state index in [-0.39, 0.29) is 17.9 Å². The molecule has 21 heavy (non-hydrogen) atoms. The first-order valence-electron chi connectivity index (χ1n) is 6.55. The predicted molar refractivity (Wildman–Crippen MR) is 83.1 cm³/mol. The minimum atomic E-state index is -3.44. The number of hydrogen-bond donors (Lipinski definition) is 1. The van der Waals surface area contributed by atoms with Crippen LogP contribution in [0.25, 0.3) is 0 Å². The minimum Gasteiger partial charge on any atom is -0.398 e. The second kappa shape index (κ2) is 5.73. The second-order valence-corrected chi connectivity index (χ2v) is 7.16. The van der Waals surface area contributed by atoms with E-state index in [0.29, 0.717) is 10.6 Å². The molecule has 2 aromatic rings. The highest BCUT2D eigenvalue weighted by Crippen LogP contribution is 2.18. The molecule has 2 N–H and O–H groups in total. The summed E-state index contributed by atoms with van der Waals surface area (Å²) in [5.41, 5.74) is 7.50. The zero-order valence-electron chi connectivity index (χ0n) is 12.0. The van der Waals surface area contributed by atoms with Gasteiger partial charge in [0.05, 0.1) is 10.6 Å². The Morgan fingerprint density at radius 2 is 1.86 bits per heavy atom. The molecule has 0 aliphatic heterocycles. The molecule has 2 rings (SSSR count). The quantitative estimate of drug-likeness (QED) is 0.928. The van der Waals surface area contributed by atoms with E-state index in [1.807, 2.05) is 13.0 Å². The Morgan fingerprint density at radius 1 is 1.14 bits per heavy atom. The zero-order valence-corrected chi connectivity index (χ0v) is 12.9. The zero-order chi connectivity index (χ0) is 15.6. The maximum absolute atomic E-state index is 12.4. The standard InChI is InChI=1S/C15H18N2O3S/c1-11-3-5-14(12(2)9-11)21(19,20)8-7-17-10-13(16)4-6-15(17)18/h3-6,9-10H,7-8,16H2,1-2H3. The highest BCUT2D eigenvalue weighted by molar-refractivity contribution is 7.91. The molecule has 1 aromatic carbocycles. The summed E-state index contributed by atoms with van der Waals surface area (Å²) in [7, 11) is -3.44. The summed E-state index contributed by atoms with van der Waals surface area (Å²) in [6, 6.07) is 8.05. The number of nitrogens with two attached hydrogens (primary N) is 1. The van der Waals surface area contributed by atoms with Gasteiger partial charge in [-0.1, -0.05) is 17.7 Å².